The minimum Gasteiger partial charge on any atom is -0.350 e. The Bertz CT molecular complexity index is 921. The van der Waals surface area contributed by atoms with Crippen molar-refractivity contribution in [3.05, 3.63) is 64.6 Å². The first-order chi connectivity index (χ1) is 11.6. The van der Waals surface area contributed by atoms with Crippen LogP contribution in [0.4, 0.5) is 0 Å². The molecule has 2 aromatic heterocycles. The molecule has 1 aromatic carbocycles. The van der Waals surface area contributed by atoms with Crippen LogP contribution in [0, 0.1) is 20.8 Å². The van der Waals surface area contributed by atoms with E-state index < -0.39 is 0 Å². The third-order valence-corrected chi connectivity index (χ3v) is 5.16. The minimum atomic E-state index is 0.0997. The summed E-state index contributed by atoms with van der Waals surface area (Å²) >= 11 is 0. The van der Waals surface area contributed by atoms with Crippen LogP contribution in [0.15, 0.2) is 36.7 Å². The fraction of sp³-hybridized carbons (Fsp3) is 0.300. The number of aryl methyl sites for hydroxylation is 3. The van der Waals surface area contributed by atoms with Gasteiger partial charge in [0.15, 0.2) is 0 Å². The van der Waals surface area contributed by atoms with Gasteiger partial charge in [0.05, 0.1) is 0 Å². The number of nitrogens with zero attached hydrogens (tertiary/aromatic N) is 2. The van der Waals surface area contributed by atoms with Gasteiger partial charge in [-0.3, -0.25) is 9.78 Å². The van der Waals surface area contributed by atoms with E-state index in [0.29, 0.717) is 5.92 Å². The summed E-state index contributed by atoms with van der Waals surface area (Å²) in [5.74, 6) is 0.499. The average molecular weight is 319 g/mol. The largest absolute Gasteiger partial charge is 0.350 e. The zero-order valence-electron chi connectivity index (χ0n) is 14.3. The Morgan fingerprint density at radius 3 is 2.58 bits per heavy atom. The smallest absolute Gasteiger partial charge is 0.270 e. The average Bonchev–Trinajstić information content (AvgIpc) is 2.89. The number of rotatable bonds is 2. The number of amides is 1. The number of nitrogens with one attached hydrogen (secondary N) is 1. The number of aromatic nitrogens is 2. The first kappa shape index (κ1) is 14.9. The van der Waals surface area contributed by atoms with E-state index in [2.05, 4.69) is 42.0 Å². The second kappa shape index (κ2) is 5.48. The second-order valence-corrected chi connectivity index (χ2v) is 6.77. The van der Waals surface area contributed by atoms with Gasteiger partial charge in [-0.2, -0.15) is 0 Å². The number of benzene rings is 1. The van der Waals surface area contributed by atoms with Gasteiger partial charge in [0.1, 0.15) is 5.69 Å². The van der Waals surface area contributed by atoms with Crippen molar-refractivity contribution in [1.29, 1.82) is 0 Å². The van der Waals surface area contributed by atoms with E-state index >= 15 is 0 Å². The van der Waals surface area contributed by atoms with Gasteiger partial charge >= 0.3 is 0 Å². The molecule has 0 atom stereocenters. The normalized spacial score (nSPS) is 14.9. The first-order valence-corrected chi connectivity index (χ1v) is 8.34. The molecule has 0 radical (unpaired) electrons. The molecule has 0 saturated carbocycles. The molecule has 3 aromatic rings. The van der Waals surface area contributed by atoms with Crippen molar-refractivity contribution < 1.29 is 4.79 Å². The highest BCUT2D eigenvalue weighted by molar-refractivity contribution is 6.02. The minimum absolute atomic E-state index is 0.0997. The van der Waals surface area contributed by atoms with E-state index in [-0.39, 0.29) is 5.91 Å². The molecule has 0 aliphatic carbocycles. The van der Waals surface area contributed by atoms with Crippen LogP contribution in [0.25, 0.3) is 10.9 Å². The molecule has 0 unspecified atom stereocenters. The van der Waals surface area contributed by atoms with Gasteiger partial charge in [-0.1, -0.05) is 18.2 Å². The number of carbonyl (C=O) groups excluding carboxylic acids is 1. The highest BCUT2D eigenvalue weighted by Gasteiger charge is 2.34. The van der Waals surface area contributed by atoms with E-state index in [0.717, 1.165) is 29.9 Å². The number of carbonyl (C=O) groups is 1. The molecule has 1 fully saturated rings. The lowest BCUT2D eigenvalue weighted by Gasteiger charge is -2.39. The Kier molecular flexibility index (Phi) is 3.41. The van der Waals surface area contributed by atoms with Gasteiger partial charge in [-0.25, -0.2) is 0 Å². The summed E-state index contributed by atoms with van der Waals surface area (Å²) in [6, 6.07) is 8.26. The number of pyridine rings is 1. The van der Waals surface area contributed by atoms with E-state index in [1.807, 2.05) is 24.1 Å². The third-order valence-electron chi connectivity index (χ3n) is 5.16. The highest BCUT2D eigenvalue weighted by atomic mass is 16.2. The predicted molar refractivity (Wildman–Crippen MR) is 95.4 cm³/mol. The quantitative estimate of drug-likeness (QED) is 0.782. The summed E-state index contributed by atoms with van der Waals surface area (Å²) in [5, 5.41) is 1.18. The van der Waals surface area contributed by atoms with E-state index in [1.165, 1.54) is 22.1 Å². The summed E-state index contributed by atoms with van der Waals surface area (Å²) in [6.45, 7) is 7.73. The molecular weight excluding hydrogens is 298 g/mol. The van der Waals surface area contributed by atoms with Crippen LogP contribution in [-0.2, 0) is 0 Å². The maximum absolute atomic E-state index is 12.9. The van der Waals surface area contributed by atoms with Crippen LogP contribution in [0.2, 0.25) is 0 Å². The molecular formula is C20H21N3O. The highest BCUT2D eigenvalue weighted by Crippen LogP contribution is 2.31. The van der Waals surface area contributed by atoms with Gasteiger partial charge in [0.25, 0.3) is 5.91 Å². The summed E-state index contributed by atoms with van der Waals surface area (Å²) in [6.07, 6.45) is 3.68. The maximum Gasteiger partial charge on any atom is 0.270 e. The van der Waals surface area contributed by atoms with Crippen LogP contribution < -0.4 is 0 Å². The molecule has 4 nitrogen and oxygen atoms in total. The maximum atomic E-state index is 12.9. The van der Waals surface area contributed by atoms with E-state index in [4.69, 9.17) is 0 Å². The lowest BCUT2D eigenvalue weighted by atomic mass is 9.92. The molecule has 0 bridgehead atoms. The number of hydrogen-bond donors (Lipinski definition) is 1. The Hall–Kier alpha value is -2.62. The van der Waals surface area contributed by atoms with E-state index in [1.54, 1.807) is 6.20 Å². The van der Waals surface area contributed by atoms with Crippen molar-refractivity contribution in [2.45, 2.75) is 26.7 Å². The fourth-order valence-electron chi connectivity index (χ4n) is 3.64. The number of hydrogen-bond acceptors (Lipinski definition) is 2. The van der Waals surface area contributed by atoms with Gasteiger partial charge in [0, 0.05) is 42.3 Å². The summed E-state index contributed by atoms with van der Waals surface area (Å²) < 4.78 is 0. The number of likely N-dealkylation sites (tertiary alicyclic amines) is 1. The molecule has 24 heavy (non-hydrogen) atoms. The molecule has 1 saturated heterocycles. The lowest BCUT2D eigenvalue weighted by molar-refractivity contribution is 0.0596. The van der Waals surface area contributed by atoms with Crippen LogP contribution >= 0.6 is 0 Å². The van der Waals surface area contributed by atoms with Gasteiger partial charge in [-0.15, -0.1) is 0 Å². The molecule has 1 amide bonds. The number of H-pyrrole nitrogens is 1. The second-order valence-electron chi connectivity index (χ2n) is 6.77. The summed E-state index contributed by atoms with van der Waals surface area (Å²) in [5.41, 5.74) is 6.46. The van der Waals surface area contributed by atoms with Gasteiger partial charge in [-0.05, 0) is 49.1 Å². The zero-order chi connectivity index (χ0) is 16.8. The predicted octanol–water partition coefficient (Wildman–Crippen LogP) is 3.73. The molecule has 122 valence electrons. The topological polar surface area (TPSA) is 49.0 Å². The van der Waals surface area contributed by atoms with Gasteiger partial charge < -0.3 is 9.88 Å². The van der Waals surface area contributed by atoms with Gasteiger partial charge in [0.2, 0.25) is 0 Å². The van der Waals surface area contributed by atoms with Crippen molar-refractivity contribution in [1.82, 2.24) is 14.9 Å². The van der Waals surface area contributed by atoms with Crippen LogP contribution in [0.1, 0.15) is 38.7 Å². The molecule has 4 heteroatoms. The number of fused-ring (bicyclic) bond motifs is 1. The Morgan fingerprint density at radius 1 is 1.17 bits per heavy atom. The monoisotopic (exact) mass is 319 g/mol. The molecule has 1 aliphatic heterocycles. The van der Waals surface area contributed by atoms with Crippen molar-refractivity contribution >= 4 is 16.8 Å². The molecule has 1 aliphatic rings. The zero-order valence-corrected chi connectivity index (χ0v) is 14.3. The third kappa shape index (κ3) is 2.21. The number of aromatic amines is 1. The Balaban J connectivity index is 1.60. The standard InChI is InChI=1S/C20H21N3O/c1-12-6-7-13(2)18-17(12)14(3)19(22-18)20(24)23-10-16(11-23)15-5-4-8-21-9-15/h4-9,16,22H,10-11H2,1-3H3. The summed E-state index contributed by atoms with van der Waals surface area (Å²) in [4.78, 5) is 22.4. The molecule has 4 rings (SSSR count). The summed E-state index contributed by atoms with van der Waals surface area (Å²) in [7, 11) is 0. The SMILES string of the molecule is Cc1ccc(C)c2c(C)c(C(=O)N3CC(c4cccnc4)C3)[nH]c12. The van der Waals surface area contributed by atoms with Crippen molar-refractivity contribution in [2.24, 2.45) is 0 Å². The van der Waals surface area contributed by atoms with Crippen molar-refractivity contribution in [3.63, 3.8) is 0 Å². The molecule has 1 N–H and O–H groups in total. The Morgan fingerprint density at radius 2 is 1.92 bits per heavy atom. The Labute approximate surface area is 141 Å². The van der Waals surface area contributed by atoms with Crippen LogP contribution in [-0.4, -0.2) is 33.9 Å². The molecule has 3 heterocycles. The fourth-order valence-corrected chi connectivity index (χ4v) is 3.64. The van der Waals surface area contributed by atoms with Crippen LogP contribution in [0.5, 0.6) is 0 Å². The van der Waals surface area contributed by atoms with Crippen LogP contribution in [0.3, 0.4) is 0 Å². The van der Waals surface area contributed by atoms with Crippen molar-refractivity contribution in [3.8, 4) is 0 Å². The lowest BCUT2D eigenvalue weighted by Crippen LogP contribution is -2.48. The molecule has 0 spiro atoms. The van der Waals surface area contributed by atoms with E-state index in [9.17, 15) is 4.79 Å². The first-order valence-electron chi connectivity index (χ1n) is 8.34. The van der Waals surface area contributed by atoms with Crippen molar-refractivity contribution in [2.75, 3.05) is 13.1 Å².